The highest BCUT2D eigenvalue weighted by Gasteiger charge is 2.21. The topological polar surface area (TPSA) is 69.6 Å². The van der Waals surface area contributed by atoms with E-state index < -0.39 is 0 Å². The van der Waals surface area contributed by atoms with Gasteiger partial charge < -0.3 is 5.73 Å². The van der Waals surface area contributed by atoms with E-state index in [0.717, 1.165) is 17.2 Å². The molecule has 5 heteroatoms. The van der Waals surface area contributed by atoms with E-state index in [0.29, 0.717) is 11.7 Å². The highest BCUT2D eigenvalue weighted by atomic mass is 15.3. The van der Waals surface area contributed by atoms with Gasteiger partial charge in [0, 0.05) is 24.7 Å². The SMILES string of the molecule is Cn1nc(C2CCCCC2)nc1-c1ccc(N)nc1. The molecule has 3 rings (SSSR count). The van der Waals surface area contributed by atoms with Crippen LogP contribution in [-0.4, -0.2) is 19.7 Å². The molecular weight excluding hydrogens is 238 g/mol. The van der Waals surface area contributed by atoms with Crippen LogP contribution in [-0.2, 0) is 7.05 Å². The molecule has 5 nitrogen and oxygen atoms in total. The quantitative estimate of drug-likeness (QED) is 0.897. The molecule has 0 radical (unpaired) electrons. The molecule has 1 fully saturated rings. The van der Waals surface area contributed by atoms with Crippen molar-refractivity contribution in [2.75, 3.05) is 5.73 Å². The number of hydrogen-bond donors (Lipinski definition) is 1. The monoisotopic (exact) mass is 257 g/mol. The number of nitrogen functional groups attached to an aromatic ring is 1. The van der Waals surface area contributed by atoms with Crippen LogP contribution < -0.4 is 5.73 Å². The summed E-state index contributed by atoms with van der Waals surface area (Å²) >= 11 is 0. The Hall–Kier alpha value is -1.91. The molecule has 1 saturated carbocycles. The van der Waals surface area contributed by atoms with Gasteiger partial charge in [0.2, 0.25) is 0 Å². The van der Waals surface area contributed by atoms with Crippen molar-refractivity contribution in [3.05, 3.63) is 24.2 Å². The van der Waals surface area contributed by atoms with E-state index in [9.17, 15) is 0 Å². The molecule has 19 heavy (non-hydrogen) atoms. The van der Waals surface area contributed by atoms with Crippen molar-refractivity contribution >= 4 is 5.82 Å². The molecular formula is C14H19N5. The van der Waals surface area contributed by atoms with Gasteiger partial charge in [-0.3, -0.25) is 0 Å². The highest BCUT2D eigenvalue weighted by Crippen LogP contribution is 2.31. The molecule has 100 valence electrons. The molecule has 0 spiro atoms. The number of pyridine rings is 1. The molecule has 2 heterocycles. The molecule has 0 unspecified atom stereocenters. The number of anilines is 1. The predicted octanol–water partition coefficient (Wildman–Crippen LogP) is 2.51. The third kappa shape index (κ3) is 2.45. The van der Waals surface area contributed by atoms with E-state index in [-0.39, 0.29) is 0 Å². The Bertz CT molecular complexity index is 552. The van der Waals surface area contributed by atoms with Gasteiger partial charge in [-0.15, -0.1) is 0 Å². The fraction of sp³-hybridized carbons (Fsp3) is 0.500. The van der Waals surface area contributed by atoms with Gasteiger partial charge in [-0.1, -0.05) is 19.3 Å². The molecule has 2 N–H and O–H groups in total. The Labute approximate surface area is 112 Å². The van der Waals surface area contributed by atoms with Crippen molar-refractivity contribution in [1.29, 1.82) is 0 Å². The summed E-state index contributed by atoms with van der Waals surface area (Å²) < 4.78 is 1.84. The Kier molecular flexibility index (Phi) is 3.19. The van der Waals surface area contributed by atoms with Crippen LogP contribution in [0.5, 0.6) is 0 Å². The Morgan fingerprint density at radius 1 is 1.21 bits per heavy atom. The van der Waals surface area contributed by atoms with Crippen LogP contribution in [0.15, 0.2) is 18.3 Å². The fourth-order valence-electron chi connectivity index (χ4n) is 2.73. The molecule has 2 aromatic rings. The molecule has 0 bridgehead atoms. The average molecular weight is 257 g/mol. The van der Waals surface area contributed by atoms with E-state index in [1.165, 1.54) is 32.1 Å². The van der Waals surface area contributed by atoms with E-state index >= 15 is 0 Å². The average Bonchev–Trinajstić information content (AvgIpc) is 2.83. The minimum Gasteiger partial charge on any atom is -0.384 e. The van der Waals surface area contributed by atoms with Crippen LogP contribution in [0.3, 0.4) is 0 Å². The van der Waals surface area contributed by atoms with Crippen molar-refractivity contribution in [1.82, 2.24) is 19.7 Å². The van der Waals surface area contributed by atoms with Gasteiger partial charge in [0.15, 0.2) is 11.6 Å². The highest BCUT2D eigenvalue weighted by molar-refractivity contribution is 5.55. The maximum absolute atomic E-state index is 5.61. The van der Waals surface area contributed by atoms with Crippen molar-refractivity contribution in [2.24, 2.45) is 7.05 Å². The van der Waals surface area contributed by atoms with E-state index in [1.807, 2.05) is 17.8 Å². The zero-order valence-corrected chi connectivity index (χ0v) is 11.2. The largest absolute Gasteiger partial charge is 0.384 e. The second-order valence-corrected chi connectivity index (χ2v) is 5.22. The number of aryl methyl sites for hydroxylation is 1. The summed E-state index contributed by atoms with van der Waals surface area (Å²) in [7, 11) is 1.94. The third-order valence-corrected chi connectivity index (χ3v) is 3.79. The van der Waals surface area contributed by atoms with Crippen molar-refractivity contribution in [2.45, 2.75) is 38.0 Å². The minimum atomic E-state index is 0.524. The van der Waals surface area contributed by atoms with Gasteiger partial charge in [0.25, 0.3) is 0 Å². The van der Waals surface area contributed by atoms with E-state index in [2.05, 4.69) is 10.1 Å². The summed E-state index contributed by atoms with van der Waals surface area (Å²) in [6, 6.07) is 3.74. The summed E-state index contributed by atoms with van der Waals surface area (Å²) in [4.78, 5) is 8.82. The lowest BCUT2D eigenvalue weighted by molar-refractivity contribution is 0.427. The van der Waals surface area contributed by atoms with Gasteiger partial charge in [0.1, 0.15) is 5.82 Å². The Morgan fingerprint density at radius 2 is 2.00 bits per heavy atom. The Balaban J connectivity index is 1.90. The molecule has 0 amide bonds. The lowest BCUT2D eigenvalue weighted by atomic mass is 9.89. The number of aromatic nitrogens is 4. The smallest absolute Gasteiger partial charge is 0.159 e. The molecule has 2 aromatic heterocycles. The first-order valence-corrected chi connectivity index (χ1v) is 6.87. The van der Waals surface area contributed by atoms with Crippen molar-refractivity contribution in [3.8, 4) is 11.4 Å². The van der Waals surface area contributed by atoms with Crippen LogP contribution in [0, 0.1) is 0 Å². The minimum absolute atomic E-state index is 0.524. The van der Waals surface area contributed by atoms with Crippen LogP contribution >= 0.6 is 0 Å². The van der Waals surface area contributed by atoms with Gasteiger partial charge in [-0.2, -0.15) is 5.10 Å². The summed E-state index contributed by atoms with van der Waals surface area (Å²) in [5.41, 5.74) is 6.58. The van der Waals surface area contributed by atoms with Crippen LogP contribution in [0.4, 0.5) is 5.82 Å². The van der Waals surface area contributed by atoms with Gasteiger partial charge >= 0.3 is 0 Å². The summed E-state index contributed by atoms with van der Waals surface area (Å²) in [6.45, 7) is 0. The van der Waals surface area contributed by atoms with Crippen LogP contribution in [0.1, 0.15) is 43.8 Å². The second kappa shape index (κ2) is 4.99. The first-order valence-electron chi connectivity index (χ1n) is 6.87. The standard InChI is InChI=1S/C14H19N5/c1-19-14(11-7-8-12(15)16-9-11)17-13(18-19)10-5-3-2-4-6-10/h7-10H,2-6H2,1H3,(H2,15,16). The van der Waals surface area contributed by atoms with Crippen molar-refractivity contribution in [3.63, 3.8) is 0 Å². The number of nitrogens with zero attached hydrogens (tertiary/aromatic N) is 4. The number of rotatable bonds is 2. The fourth-order valence-corrected chi connectivity index (χ4v) is 2.73. The maximum Gasteiger partial charge on any atom is 0.159 e. The summed E-state index contributed by atoms with van der Waals surface area (Å²) in [5, 5.41) is 4.58. The molecule has 0 aromatic carbocycles. The van der Waals surface area contributed by atoms with E-state index in [4.69, 9.17) is 10.7 Å². The van der Waals surface area contributed by atoms with E-state index in [1.54, 1.807) is 12.3 Å². The first-order chi connectivity index (χ1) is 9.24. The molecule has 1 aliphatic carbocycles. The molecule has 0 aliphatic heterocycles. The lowest BCUT2D eigenvalue weighted by Crippen LogP contribution is -2.06. The Morgan fingerprint density at radius 3 is 2.68 bits per heavy atom. The summed E-state index contributed by atoms with van der Waals surface area (Å²) in [6.07, 6.45) is 8.11. The van der Waals surface area contributed by atoms with Gasteiger partial charge in [0.05, 0.1) is 0 Å². The third-order valence-electron chi connectivity index (χ3n) is 3.79. The molecule has 0 atom stereocenters. The molecule has 0 saturated heterocycles. The zero-order valence-electron chi connectivity index (χ0n) is 11.2. The predicted molar refractivity (Wildman–Crippen MR) is 74.5 cm³/mol. The first kappa shape index (κ1) is 12.1. The zero-order chi connectivity index (χ0) is 13.2. The van der Waals surface area contributed by atoms with Crippen LogP contribution in [0.25, 0.3) is 11.4 Å². The lowest BCUT2D eigenvalue weighted by Gasteiger charge is -2.18. The molecule has 1 aliphatic rings. The summed E-state index contributed by atoms with van der Waals surface area (Å²) in [5.74, 6) is 2.90. The number of hydrogen-bond acceptors (Lipinski definition) is 4. The maximum atomic E-state index is 5.61. The second-order valence-electron chi connectivity index (χ2n) is 5.22. The van der Waals surface area contributed by atoms with Gasteiger partial charge in [-0.25, -0.2) is 14.6 Å². The normalized spacial score (nSPS) is 16.7. The van der Waals surface area contributed by atoms with Crippen molar-refractivity contribution < 1.29 is 0 Å². The van der Waals surface area contributed by atoms with Gasteiger partial charge in [-0.05, 0) is 25.0 Å². The number of nitrogens with two attached hydrogens (primary N) is 1. The van der Waals surface area contributed by atoms with Crippen LogP contribution in [0.2, 0.25) is 0 Å².